The lowest BCUT2D eigenvalue weighted by Crippen LogP contribution is -2.29. The maximum absolute atomic E-state index is 12.1. The minimum atomic E-state index is -4.60. The maximum atomic E-state index is 12.1. The molecule has 0 amide bonds. The number of alkyl halides is 3. The molecule has 15 heavy (non-hydrogen) atoms. The molecule has 0 heterocycles. The zero-order valence-corrected chi connectivity index (χ0v) is 8.12. The van der Waals surface area contributed by atoms with Gasteiger partial charge in [0.15, 0.2) is 6.10 Å². The van der Waals surface area contributed by atoms with Crippen LogP contribution in [0.3, 0.4) is 0 Å². The molecule has 1 rings (SSSR count). The van der Waals surface area contributed by atoms with E-state index in [9.17, 15) is 13.2 Å². The van der Waals surface area contributed by atoms with E-state index in [4.69, 9.17) is 5.11 Å². The Morgan fingerprint density at radius 1 is 1.27 bits per heavy atom. The minimum absolute atomic E-state index is 0.117. The first kappa shape index (κ1) is 11.8. The van der Waals surface area contributed by atoms with Crippen molar-refractivity contribution in [3.8, 4) is 0 Å². The van der Waals surface area contributed by atoms with E-state index in [1.165, 1.54) is 13.0 Å². The summed E-state index contributed by atoms with van der Waals surface area (Å²) < 4.78 is 36.3. The van der Waals surface area contributed by atoms with Crippen LogP contribution >= 0.6 is 0 Å². The quantitative estimate of drug-likeness (QED) is 0.805. The summed E-state index contributed by atoms with van der Waals surface area (Å²) in [6, 6.07) is 8.56. The van der Waals surface area contributed by atoms with Crippen molar-refractivity contribution in [3.05, 3.63) is 41.5 Å². The third-order valence-electron chi connectivity index (χ3n) is 1.94. The lowest BCUT2D eigenvalue weighted by Gasteiger charge is -2.14. The average molecular weight is 216 g/mol. The van der Waals surface area contributed by atoms with Crippen LogP contribution in [0.15, 0.2) is 35.9 Å². The van der Waals surface area contributed by atoms with Crippen molar-refractivity contribution in [1.82, 2.24) is 0 Å². The van der Waals surface area contributed by atoms with Crippen molar-refractivity contribution in [1.29, 1.82) is 0 Å². The van der Waals surface area contributed by atoms with Crippen LogP contribution in [0, 0.1) is 0 Å². The highest BCUT2D eigenvalue weighted by molar-refractivity contribution is 5.53. The van der Waals surface area contributed by atoms with E-state index in [1.807, 2.05) is 0 Å². The van der Waals surface area contributed by atoms with Crippen molar-refractivity contribution in [2.75, 3.05) is 0 Å². The normalized spacial score (nSPS) is 15.1. The minimum Gasteiger partial charge on any atom is -0.379 e. The molecule has 1 unspecified atom stereocenters. The van der Waals surface area contributed by atoms with Crippen LogP contribution in [-0.4, -0.2) is 17.4 Å². The third-order valence-corrected chi connectivity index (χ3v) is 1.94. The molecule has 0 radical (unpaired) electrons. The Bertz CT molecular complexity index is 341. The molecule has 0 aromatic heterocycles. The van der Waals surface area contributed by atoms with Gasteiger partial charge in [-0.2, -0.15) is 13.2 Å². The fraction of sp³-hybridized carbons (Fsp3) is 0.273. The fourth-order valence-corrected chi connectivity index (χ4v) is 1.15. The number of hydrogen-bond donors (Lipinski definition) is 1. The SMILES string of the molecule is C/C(=C\c1ccccc1)C(O)C(F)(F)F. The summed E-state index contributed by atoms with van der Waals surface area (Å²) in [5, 5.41) is 8.92. The van der Waals surface area contributed by atoms with Gasteiger partial charge in [-0.1, -0.05) is 36.4 Å². The molecule has 0 aliphatic carbocycles. The summed E-state index contributed by atoms with van der Waals surface area (Å²) >= 11 is 0. The van der Waals surface area contributed by atoms with Gasteiger partial charge >= 0.3 is 6.18 Å². The molecule has 1 aromatic carbocycles. The predicted molar refractivity (Wildman–Crippen MR) is 52.2 cm³/mol. The van der Waals surface area contributed by atoms with Crippen LogP contribution in [0.5, 0.6) is 0 Å². The molecule has 1 atom stereocenters. The van der Waals surface area contributed by atoms with Gasteiger partial charge in [-0.15, -0.1) is 0 Å². The molecule has 0 saturated heterocycles. The first-order valence-electron chi connectivity index (χ1n) is 4.39. The number of halogens is 3. The Hall–Kier alpha value is -1.29. The van der Waals surface area contributed by atoms with Gasteiger partial charge in [-0.25, -0.2) is 0 Å². The predicted octanol–water partition coefficient (Wildman–Crippen LogP) is 3.01. The van der Waals surface area contributed by atoms with Gasteiger partial charge in [-0.3, -0.25) is 0 Å². The average Bonchev–Trinajstić information content (AvgIpc) is 2.16. The maximum Gasteiger partial charge on any atom is 0.418 e. The molecule has 1 N–H and O–H groups in total. The van der Waals surface area contributed by atoms with E-state index in [1.54, 1.807) is 30.3 Å². The highest BCUT2D eigenvalue weighted by Crippen LogP contribution is 2.26. The van der Waals surface area contributed by atoms with Crippen LogP contribution in [0.1, 0.15) is 12.5 Å². The van der Waals surface area contributed by atoms with Crippen LogP contribution in [0.4, 0.5) is 13.2 Å². The molecule has 0 aliphatic rings. The Morgan fingerprint density at radius 3 is 2.27 bits per heavy atom. The zero-order chi connectivity index (χ0) is 11.5. The van der Waals surface area contributed by atoms with Gasteiger partial charge in [0.25, 0.3) is 0 Å². The Kier molecular flexibility index (Phi) is 3.52. The molecular formula is C11H11F3O. The lowest BCUT2D eigenvalue weighted by molar-refractivity contribution is -0.190. The van der Waals surface area contributed by atoms with E-state index >= 15 is 0 Å². The summed E-state index contributed by atoms with van der Waals surface area (Å²) in [6.45, 7) is 1.26. The summed E-state index contributed by atoms with van der Waals surface area (Å²) in [7, 11) is 0. The second-order valence-corrected chi connectivity index (χ2v) is 3.24. The smallest absolute Gasteiger partial charge is 0.379 e. The van der Waals surface area contributed by atoms with E-state index in [0.29, 0.717) is 5.56 Å². The zero-order valence-electron chi connectivity index (χ0n) is 8.12. The largest absolute Gasteiger partial charge is 0.418 e. The van der Waals surface area contributed by atoms with E-state index in [-0.39, 0.29) is 5.57 Å². The Balaban J connectivity index is 2.86. The highest BCUT2D eigenvalue weighted by Gasteiger charge is 2.39. The van der Waals surface area contributed by atoms with Gasteiger partial charge in [0, 0.05) is 0 Å². The first-order valence-corrected chi connectivity index (χ1v) is 4.39. The number of benzene rings is 1. The molecular weight excluding hydrogens is 205 g/mol. The fourth-order valence-electron chi connectivity index (χ4n) is 1.15. The summed E-state index contributed by atoms with van der Waals surface area (Å²) in [5.74, 6) is 0. The second kappa shape index (κ2) is 4.49. The Morgan fingerprint density at radius 2 is 1.80 bits per heavy atom. The van der Waals surface area contributed by atoms with Crippen molar-refractivity contribution in [2.45, 2.75) is 19.2 Å². The van der Waals surface area contributed by atoms with Gasteiger partial charge < -0.3 is 5.11 Å². The second-order valence-electron chi connectivity index (χ2n) is 3.24. The van der Waals surface area contributed by atoms with Crippen LogP contribution < -0.4 is 0 Å². The molecule has 1 aromatic rings. The third kappa shape index (κ3) is 3.40. The molecule has 0 saturated carbocycles. The number of aliphatic hydroxyl groups is 1. The summed E-state index contributed by atoms with van der Waals surface area (Å²) in [6.07, 6.45) is -5.68. The van der Waals surface area contributed by atoms with Crippen LogP contribution in [0.2, 0.25) is 0 Å². The number of aliphatic hydroxyl groups excluding tert-OH is 1. The first-order chi connectivity index (χ1) is 6.91. The summed E-state index contributed by atoms with van der Waals surface area (Å²) in [4.78, 5) is 0. The van der Waals surface area contributed by atoms with Gasteiger partial charge in [0.2, 0.25) is 0 Å². The molecule has 0 spiro atoms. The van der Waals surface area contributed by atoms with Crippen LogP contribution in [0.25, 0.3) is 6.08 Å². The molecule has 0 bridgehead atoms. The number of rotatable bonds is 2. The van der Waals surface area contributed by atoms with Crippen molar-refractivity contribution < 1.29 is 18.3 Å². The van der Waals surface area contributed by atoms with Crippen molar-refractivity contribution >= 4 is 6.08 Å². The van der Waals surface area contributed by atoms with Crippen LogP contribution in [-0.2, 0) is 0 Å². The highest BCUT2D eigenvalue weighted by atomic mass is 19.4. The van der Waals surface area contributed by atoms with E-state index in [0.717, 1.165) is 0 Å². The van der Waals surface area contributed by atoms with Crippen molar-refractivity contribution in [3.63, 3.8) is 0 Å². The van der Waals surface area contributed by atoms with Gasteiger partial charge in [-0.05, 0) is 18.1 Å². The molecule has 4 heteroatoms. The molecule has 0 fully saturated rings. The molecule has 0 aliphatic heterocycles. The Labute approximate surface area is 85.9 Å². The number of hydrogen-bond acceptors (Lipinski definition) is 1. The lowest BCUT2D eigenvalue weighted by atomic mass is 10.1. The van der Waals surface area contributed by atoms with E-state index in [2.05, 4.69) is 0 Å². The molecule has 1 nitrogen and oxygen atoms in total. The van der Waals surface area contributed by atoms with Crippen molar-refractivity contribution in [2.24, 2.45) is 0 Å². The summed E-state index contributed by atoms with van der Waals surface area (Å²) in [5.41, 5.74) is 0.520. The van der Waals surface area contributed by atoms with Gasteiger partial charge in [0.05, 0.1) is 0 Å². The molecule has 82 valence electrons. The van der Waals surface area contributed by atoms with Gasteiger partial charge in [0.1, 0.15) is 0 Å². The monoisotopic (exact) mass is 216 g/mol. The van der Waals surface area contributed by atoms with E-state index < -0.39 is 12.3 Å². The standard InChI is InChI=1S/C11H11F3O/c1-8(10(15)11(12,13)14)7-9-5-3-2-4-6-9/h2-7,10,15H,1H3/b8-7+. The topological polar surface area (TPSA) is 20.2 Å².